The van der Waals surface area contributed by atoms with Crippen LogP contribution in [-0.2, 0) is 11.3 Å². The molecule has 3 N–H and O–H groups in total. The van der Waals surface area contributed by atoms with Crippen LogP contribution in [0.3, 0.4) is 0 Å². The molecule has 1 aliphatic rings. The van der Waals surface area contributed by atoms with E-state index in [2.05, 4.69) is 10.5 Å². The largest absolute Gasteiger partial charge is 0.369 e. The summed E-state index contributed by atoms with van der Waals surface area (Å²) < 4.78 is 5.20. The highest BCUT2D eigenvalue weighted by atomic mass is 16.5. The first-order chi connectivity index (χ1) is 10.6. The molecule has 7 nitrogen and oxygen atoms in total. The van der Waals surface area contributed by atoms with Crippen molar-refractivity contribution in [2.24, 2.45) is 11.7 Å². The number of benzene rings is 1. The molecule has 1 aromatic carbocycles. The summed E-state index contributed by atoms with van der Waals surface area (Å²) in [5, 5.41) is 7.72. The van der Waals surface area contributed by atoms with Gasteiger partial charge in [0.15, 0.2) is 5.58 Å². The normalized spacial score (nSPS) is 15.9. The van der Waals surface area contributed by atoms with E-state index in [4.69, 9.17) is 10.3 Å². The first-order valence-electron chi connectivity index (χ1n) is 7.30. The number of carbonyl (C=O) groups excluding carboxylic acids is 2. The van der Waals surface area contributed by atoms with Gasteiger partial charge in [-0.3, -0.25) is 4.79 Å². The molecule has 2 aromatic rings. The highest BCUT2D eigenvalue weighted by Gasteiger charge is 2.25. The Bertz CT molecular complexity index is 689. The van der Waals surface area contributed by atoms with Crippen LogP contribution < -0.4 is 11.1 Å². The van der Waals surface area contributed by atoms with E-state index in [1.54, 1.807) is 4.90 Å². The van der Waals surface area contributed by atoms with Gasteiger partial charge >= 0.3 is 6.03 Å². The molecule has 116 valence electrons. The summed E-state index contributed by atoms with van der Waals surface area (Å²) >= 11 is 0. The number of piperidine rings is 1. The highest BCUT2D eigenvalue weighted by molar-refractivity contribution is 5.80. The minimum Gasteiger partial charge on any atom is -0.369 e. The van der Waals surface area contributed by atoms with Gasteiger partial charge in [-0.05, 0) is 25.0 Å². The molecule has 22 heavy (non-hydrogen) atoms. The fraction of sp³-hybridized carbons (Fsp3) is 0.400. The molecule has 0 unspecified atom stereocenters. The third-order valence-corrected chi connectivity index (χ3v) is 4.04. The summed E-state index contributed by atoms with van der Waals surface area (Å²) in [6.45, 7) is 1.39. The van der Waals surface area contributed by atoms with Crippen molar-refractivity contribution < 1.29 is 14.1 Å². The Morgan fingerprint density at radius 3 is 2.77 bits per heavy atom. The lowest BCUT2D eigenvalue weighted by atomic mass is 9.96. The standard InChI is InChI=1S/C15H18N4O3/c16-14(20)10-5-7-19(8-6-10)15(21)17-9-12-11-3-1-2-4-13(11)22-18-12/h1-4,10H,5-9H2,(H2,16,20)(H,17,21). The van der Waals surface area contributed by atoms with Crippen LogP contribution in [0.25, 0.3) is 11.0 Å². The molecule has 0 radical (unpaired) electrons. The summed E-state index contributed by atoms with van der Waals surface area (Å²) in [5.74, 6) is -0.405. The second kappa shape index (κ2) is 6.05. The van der Waals surface area contributed by atoms with Crippen molar-refractivity contribution in [2.75, 3.05) is 13.1 Å². The van der Waals surface area contributed by atoms with Crippen LogP contribution >= 0.6 is 0 Å². The van der Waals surface area contributed by atoms with Gasteiger partial charge in [-0.2, -0.15) is 0 Å². The number of urea groups is 1. The van der Waals surface area contributed by atoms with Crippen LogP contribution in [-0.4, -0.2) is 35.1 Å². The molecule has 0 bridgehead atoms. The van der Waals surface area contributed by atoms with E-state index in [1.165, 1.54) is 0 Å². The number of fused-ring (bicyclic) bond motifs is 1. The van der Waals surface area contributed by atoms with Crippen LogP contribution in [0.4, 0.5) is 4.79 Å². The lowest BCUT2D eigenvalue weighted by Gasteiger charge is -2.30. The lowest BCUT2D eigenvalue weighted by molar-refractivity contribution is -0.123. The van der Waals surface area contributed by atoms with E-state index in [1.807, 2.05) is 24.3 Å². The zero-order chi connectivity index (χ0) is 15.5. The molecule has 0 aliphatic carbocycles. The second-order valence-corrected chi connectivity index (χ2v) is 5.45. The highest BCUT2D eigenvalue weighted by Crippen LogP contribution is 2.18. The zero-order valence-electron chi connectivity index (χ0n) is 12.1. The first kappa shape index (κ1) is 14.4. The van der Waals surface area contributed by atoms with Crippen molar-refractivity contribution in [1.29, 1.82) is 0 Å². The van der Waals surface area contributed by atoms with Gasteiger partial charge < -0.3 is 20.5 Å². The molecule has 0 atom stereocenters. The summed E-state index contributed by atoms with van der Waals surface area (Å²) in [6, 6.07) is 7.36. The monoisotopic (exact) mass is 302 g/mol. The second-order valence-electron chi connectivity index (χ2n) is 5.45. The predicted octanol–water partition coefficient (Wildman–Crippen LogP) is 1.23. The Morgan fingerprint density at radius 1 is 1.32 bits per heavy atom. The van der Waals surface area contributed by atoms with Gasteiger partial charge in [0.05, 0.1) is 6.54 Å². The Morgan fingerprint density at radius 2 is 2.05 bits per heavy atom. The fourth-order valence-corrected chi connectivity index (χ4v) is 2.70. The zero-order valence-corrected chi connectivity index (χ0v) is 12.1. The first-order valence-corrected chi connectivity index (χ1v) is 7.30. The number of nitrogens with one attached hydrogen (secondary N) is 1. The maximum atomic E-state index is 12.1. The van der Waals surface area contributed by atoms with E-state index in [0.29, 0.717) is 43.8 Å². The number of hydrogen-bond donors (Lipinski definition) is 2. The quantitative estimate of drug-likeness (QED) is 0.890. The summed E-state index contributed by atoms with van der Waals surface area (Å²) in [4.78, 5) is 25.0. The van der Waals surface area contributed by atoms with Gasteiger partial charge in [0.2, 0.25) is 5.91 Å². The number of rotatable bonds is 3. The number of para-hydroxylation sites is 1. The number of likely N-dealkylation sites (tertiary alicyclic amines) is 1. The number of aromatic nitrogens is 1. The molecule has 2 heterocycles. The van der Waals surface area contributed by atoms with Crippen molar-refractivity contribution in [3.63, 3.8) is 0 Å². The minimum absolute atomic E-state index is 0.122. The Kier molecular flexibility index (Phi) is 3.95. The topological polar surface area (TPSA) is 101 Å². The molecule has 0 spiro atoms. The van der Waals surface area contributed by atoms with Crippen LogP contribution in [0.2, 0.25) is 0 Å². The molecular formula is C15H18N4O3. The fourth-order valence-electron chi connectivity index (χ4n) is 2.70. The number of hydrogen-bond acceptors (Lipinski definition) is 4. The molecule has 0 saturated carbocycles. The third kappa shape index (κ3) is 2.88. The van der Waals surface area contributed by atoms with Gasteiger partial charge in [-0.1, -0.05) is 17.3 Å². The Labute approximate surface area is 127 Å². The van der Waals surface area contributed by atoms with Gasteiger partial charge in [-0.15, -0.1) is 0 Å². The van der Waals surface area contributed by atoms with Gasteiger partial charge in [-0.25, -0.2) is 4.79 Å². The molecule has 3 amide bonds. The number of carbonyl (C=O) groups is 2. The number of nitrogens with two attached hydrogens (primary N) is 1. The number of amides is 3. The molecule has 1 aliphatic heterocycles. The Hall–Kier alpha value is -2.57. The lowest BCUT2D eigenvalue weighted by Crippen LogP contribution is -2.46. The Balaban J connectivity index is 1.56. The smallest absolute Gasteiger partial charge is 0.317 e. The summed E-state index contributed by atoms with van der Waals surface area (Å²) in [7, 11) is 0. The van der Waals surface area contributed by atoms with E-state index < -0.39 is 0 Å². The molecule has 1 saturated heterocycles. The molecule has 3 rings (SSSR count). The maximum Gasteiger partial charge on any atom is 0.317 e. The van der Waals surface area contributed by atoms with Crippen LogP contribution in [0.15, 0.2) is 28.8 Å². The molecule has 1 fully saturated rings. The van der Waals surface area contributed by atoms with E-state index >= 15 is 0 Å². The number of nitrogens with zero attached hydrogens (tertiary/aromatic N) is 2. The van der Waals surface area contributed by atoms with Crippen molar-refractivity contribution in [2.45, 2.75) is 19.4 Å². The van der Waals surface area contributed by atoms with Crippen LogP contribution in [0.1, 0.15) is 18.5 Å². The number of primary amides is 1. The van der Waals surface area contributed by atoms with Crippen molar-refractivity contribution >= 4 is 22.9 Å². The molecule has 7 heteroatoms. The van der Waals surface area contributed by atoms with Crippen molar-refractivity contribution in [3.8, 4) is 0 Å². The van der Waals surface area contributed by atoms with E-state index in [0.717, 1.165) is 5.39 Å². The van der Waals surface area contributed by atoms with Gasteiger partial charge in [0.1, 0.15) is 5.69 Å². The third-order valence-electron chi connectivity index (χ3n) is 4.04. The van der Waals surface area contributed by atoms with Crippen molar-refractivity contribution in [3.05, 3.63) is 30.0 Å². The maximum absolute atomic E-state index is 12.1. The van der Waals surface area contributed by atoms with E-state index in [9.17, 15) is 9.59 Å². The van der Waals surface area contributed by atoms with Gasteiger partial charge in [0, 0.05) is 24.4 Å². The average molecular weight is 302 g/mol. The average Bonchev–Trinajstić information content (AvgIpc) is 2.96. The van der Waals surface area contributed by atoms with Gasteiger partial charge in [0.25, 0.3) is 0 Å². The SMILES string of the molecule is NC(=O)C1CCN(C(=O)NCc2noc3ccccc23)CC1. The van der Waals surface area contributed by atoms with Crippen LogP contribution in [0, 0.1) is 5.92 Å². The van der Waals surface area contributed by atoms with E-state index in [-0.39, 0.29) is 17.9 Å². The molecule has 1 aromatic heterocycles. The predicted molar refractivity (Wildman–Crippen MR) is 79.7 cm³/mol. The van der Waals surface area contributed by atoms with Crippen LogP contribution in [0.5, 0.6) is 0 Å². The van der Waals surface area contributed by atoms with Crippen molar-refractivity contribution in [1.82, 2.24) is 15.4 Å². The summed E-state index contributed by atoms with van der Waals surface area (Å²) in [6.07, 6.45) is 1.24. The summed E-state index contributed by atoms with van der Waals surface area (Å²) in [5.41, 5.74) is 6.70. The molecular weight excluding hydrogens is 284 g/mol. The minimum atomic E-state index is -0.283.